The molecule has 1 aromatic heterocycles. The van der Waals surface area contributed by atoms with Gasteiger partial charge >= 0.3 is 0 Å². The smallest absolute Gasteiger partial charge is 0.244 e. The maximum atomic E-state index is 12.2. The number of benzene rings is 1. The van der Waals surface area contributed by atoms with Gasteiger partial charge in [0, 0.05) is 0 Å². The molecule has 1 aromatic carbocycles. The van der Waals surface area contributed by atoms with E-state index in [1.807, 2.05) is 0 Å². The number of sulfonamides is 1. The Morgan fingerprint density at radius 3 is 2.85 bits per heavy atom. The third-order valence-electron chi connectivity index (χ3n) is 2.59. The SMILES string of the molecule is COc1ccc(CO)cc1S(=O)(=O)NCc1ncn[nH]1. The number of methoxy groups -OCH3 is 1. The van der Waals surface area contributed by atoms with Crippen molar-refractivity contribution in [3.8, 4) is 5.75 Å². The Hall–Kier alpha value is -1.97. The summed E-state index contributed by atoms with van der Waals surface area (Å²) in [5, 5.41) is 15.3. The van der Waals surface area contributed by atoms with E-state index in [0.717, 1.165) is 0 Å². The molecule has 9 heteroatoms. The highest BCUT2D eigenvalue weighted by Crippen LogP contribution is 2.24. The minimum atomic E-state index is -3.79. The molecule has 0 unspecified atom stereocenters. The largest absolute Gasteiger partial charge is 0.495 e. The van der Waals surface area contributed by atoms with Gasteiger partial charge in [-0.3, -0.25) is 5.10 Å². The van der Waals surface area contributed by atoms with Gasteiger partial charge in [0.2, 0.25) is 10.0 Å². The van der Waals surface area contributed by atoms with Crippen LogP contribution in [0.5, 0.6) is 5.75 Å². The molecule has 2 rings (SSSR count). The van der Waals surface area contributed by atoms with E-state index in [4.69, 9.17) is 9.84 Å². The van der Waals surface area contributed by atoms with Gasteiger partial charge in [-0.1, -0.05) is 6.07 Å². The first kappa shape index (κ1) is 14.4. The van der Waals surface area contributed by atoms with Crippen molar-refractivity contribution in [1.82, 2.24) is 19.9 Å². The number of hydrogen-bond donors (Lipinski definition) is 3. The fourth-order valence-electron chi connectivity index (χ4n) is 1.59. The van der Waals surface area contributed by atoms with Gasteiger partial charge in [-0.25, -0.2) is 18.1 Å². The normalized spacial score (nSPS) is 11.5. The first-order valence-corrected chi connectivity index (χ1v) is 7.17. The molecular formula is C11H14N4O4S. The van der Waals surface area contributed by atoms with E-state index in [1.54, 1.807) is 6.07 Å². The van der Waals surface area contributed by atoms with Crippen LogP contribution in [0.4, 0.5) is 0 Å². The molecule has 0 aliphatic rings. The second-order valence-electron chi connectivity index (χ2n) is 3.90. The molecule has 0 atom stereocenters. The number of ether oxygens (including phenoxy) is 1. The molecule has 0 fully saturated rings. The zero-order valence-corrected chi connectivity index (χ0v) is 11.5. The van der Waals surface area contributed by atoms with Crippen LogP contribution >= 0.6 is 0 Å². The summed E-state index contributed by atoms with van der Waals surface area (Å²) in [5.41, 5.74) is 0.478. The lowest BCUT2D eigenvalue weighted by molar-refractivity contribution is 0.281. The van der Waals surface area contributed by atoms with E-state index in [2.05, 4.69) is 19.9 Å². The molecule has 8 nitrogen and oxygen atoms in total. The Morgan fingerprint density at radius 2 is 2.25 bits per heavy atom. The molecule has 20 heavy (non-hydrogen) atoms. The van der Waals surface area contributed by atoms with Crippen LogP contribution in [0, 0.1) is 0 Å². The number of rotatable bonds is 6. The highest BCUT2D eigenvalue weighted by atomic mass is 32.2. The Bertz CT molecular complexity index is 670. The minimum Gasteiger partial charge on any atom is -0.495 e. The number of aliphatic hydroxyl groups excluding tert-OH is 1. The summed E-state index contributed by atoms with van der Waals surface area (Å²) < 4.78 is 31.9. The summed E-state index contributed by atoms with van der Waals surface area (Å²) in [6.45, 7) is -0.274. The summed E-state index contributed by atoms with van der Waals surface area (Å²) in [5.74, 6) is 0.595. The lowest BCUT2D eigenvalue weighted by atomic mass is 10.2. The average molecular weight is 298 g/mol. The van der Waals surface area contributed by atoms with Crippen LogP contribution < -0.4 is 9.46 Å². The monoisotopic (exact) mass is 298 g/mol. The van der Waals surface area contributed by atoms with Crippen molar-refractivity contribution < 1.29 is 18.3 Å². The molecule has 2 aromatic rings. The molecule has 3 N–H and O–H groups in total. The lowest BCUT2D eigenvalue weighted by Crippen LogP contribution is -2.24. The van der Waals surface area contributed by atoms with Crippen molar-refractivity contribution in [2.24, 2.45) is 0 Å². The summed E-state index contributed by atoms with van der Waals surface area (Å²) in [6, 6.07) is 4.45. The molecule has 108 valence electrons. The summed E-state index contributed by atoms with van der Waals surface area (Å²) in [7, 11) is -2.41. The molecule has 0 saturated carbocycles. The first-order chi connectivity index (χ1) is 9.56. The minimum absolute atomic E-state index is 0.0190. The molecule has 1 heterocycles. The van der Waals surface area contributed by atoms with Gasteiger partial charge in [-0.15, -0.1) is 0 Å². The molecule has 0 radical (unpaired) electrons. The summed E-state index contributed by atoms with van der Waals surface area (Å²) >= 11 is 0. The van der Waals surface area contributed by atoms with Crippen LogP contribution in [-0.2, 0) is 23.2 Å². The van der Waals surface area contributed by atoms with Gasteiger partial charge in [0.1, 0.15) is 22.8 Å². The highest BCUT2D eigenvalue weighted by molar-refractivity contribution is 7.89. The van der Waals surface area contributed by atoms with Crippen LogP contribution in [0.1, 0.15) is 11.4 Å². The number of hydrogen-bond acceptors (Lipinski definition) is 6. The van der Waals surface area contributed by atoms with Crippen molar-refractivity contribution >= 4 is 10.0 Å². The van der Waals surface area contributed by atoms with Crippen molar-refractivity contribution in [3.63, 3.8) is 0 Å². The zero-order valence-electron chi connectivity index (χ0n) is 10.7. The summed E-state index contributed by atoms with van der Waals surface area (Å²) in [6.07, 6.45) is 1.29. The van der Waals surface area contributed by atoms with Crippen LogP contribution in [0.15, 0.2) is 29.4 Å². The lowest BCUT2D eigenvalue weighted by Gasteiger charge is -2.11. The van der Waals surface area contributed by atoms with Crippen molar-refractivity contribution in [1.29, 1.82) is 0 Å². The van der Waals surface area contributed by atoms with Crippen LogP contribution in [0.2, 0.25) is 0 Å². The quantitative estimate of drug-likeness (QED) is 0.679. The van der Waals surface area contributed by atoms with E-state index < -0.39 is 10.0 Å². The second kappa shape index (κ2) is 5.99. The Morgan fingerprint density at radius 1 is 1.45 bits per heavy atom. The first-order valence-electron chi connectivity index (χ1n) is 5.68. The van der Waals surface area contributed by atoms with Crippen LogP contribution in [0.3, 0.4) is 0 Å². The summed E-state index contributed by atoms with van der Waals surface area (Å²) in [4.78, 5) is 3.79. The predicted octanol–water partition coefficient (Wildman–Crippen LogP) is -0.216. The van der Waals surface area contributed by atoms with Gasteiger partial charge in [0.05, 0.1) is 20.3 Å². The topological polar surface area (TPSA) is 117 Å². The molecular weight excluding hydrogens is 284 g/mol. The number of aromatic nitrogens is 3. The Kier molecular flexibility index (Phi) is 4.32. The van der Waals surface area contributed by atoms with Gasteiger partial charge < -0.3 is 9.84 Å². The number of nitrogens with one attached hydrogen (secondary N) is 2. The van der Waals surface area contributed by atoms with E-state index in [9.17, 15) is 8.42 Å². The third-order valence-corrected chi connectivity index (χ3v) is 4.02. The van der Waals surface area contributed by atoms with Gasteiger partial charge in [0.25, 0.3) is 0 Å². The fraction of sp³-hybridized carbons (Fsp3) is 0.273. The fourth-order valence-corrected chi connectivity index (χ4v) is 2.79. The Balaban J connectivity index is 2.28. The number of H-pyrrole nitrogens is 1. The van der Waals surface area contributed by atoms with Crippen molar-refractivity contribution in [2.75, 3.05) is 7.11 Å². The van der Waals surface area contributed by atoms with Gasteiger partial charge in [0.15, 0.2) is 0 Å². The van der Waals surface area contributed by atoms with E-state index in [0.29, 0.717) is 11.4 Å². The molecule has 0 saturated heterocycles. The third kappa shape index (κ3) is 3.13. The predicted molar refractivity (Wildman–Crippen MR) is 69.3 cm³/mol. The van der Waals surface area contributed by atoms with Crippen molar-refractivity contribution in [3.05, 3.63) is 35.9 Å². The molecule has 0 bridgehead atoms. The molecule has 0 spiro atoms. The number of nitrogens with zero attached hydrogens (tertiary/aromatic N) is 2. The van der Waals surface area contributed by atoms with Crippen LogP contribution in [0.25, 0.3) is 0 Å². The van der Waals surface area contributed by atoms with Gasteiger partial charge in [-0.05, 0) is 17.7 Å². The van der Waals surface area contributed by atoms with E-state index >= 15 is 0 Å². The zero-order chi connectivity index (χ0) is 14.6. The molecule has 0 aliphatic heterocycles. The maximum absolute atomic E-state index is 12.2. The molecule has 0 amide bonds. The standard InChI is InChI=1S/C11H14N4O4S/c1-19-9-3-2-8(6-16)4-10(9)20(17,18)14-5-11-12-7-13-15-11/h2-4,7,14,16H,5-6H2,1H3,(H,12,13,15). The second-order valence-corrected chi connectivity index (χ2v) is 5.64. The number of aliphatic hydroxyl groups is 1. The van der Waals surface area contributed by atoms with Crippen LogP contribution in [-0.4, -0.2) is 35.8 Å². The van der Waals surface area contributed by atoms with Crippen molar-refractivity contribution in [2.45, 2.75) is 18.0 Å². The van der Waals surface area contributed by atoms with Gasteiger partial charge in [-0.2, -0.15) is 5.10 Å². The maximum Gasteiger partial charge on any atom is 0.244 e. The van der Waals surface area contributed by atoms with E-state index in [1.165, 1.54) is 25.6 Å². The average Bonchev–Trinajstić information content (AvgIpc) is 2.98. The highest BCUT2D eigenvalue weighted by Gasteiger charge is 2.20. The Labute approximate surface area is 115 Å². The number of aromatic amines is 1. The van der Waals surface area contributed by atoms with E-state index in [-0.39, 0.29) is 23.8 Å². The molecule has 0 aliphatic carbocycles.